The predicted molar refractivity (Wildman–Crippen MR) is 131 cm³/mol. The summed E-state index contributed by atoms with van der Waals surface area (Å²) in [4.78, 5) is 22.6. The third kappa shape index (κ3) is 7.82. The van der Waals surface area contributed by atoms with E-state index < -0.39 is 0 Å². The van der Waals surface area contributed by atoms with Gasteiger partial charge in [0.1, 0.15) is 11.5 Å². The molecule has 0 bridgehead atoms. The van der Waals surface area contributed by atoms with Gasteiger partial charge in [0.25, 0.3) is 0 Å². The number of hydrogen-bond acceptors (Lipinski definition) is 5. The van der Waals surface area contributed by atoms with Crippen LogP contribution in [0, 0.1) is 0 Å². The summed E-state index contributed by atoms with van der Waals surface area (Å²) in [6.07, 6.45) is 0. The van der Waals surface area contributed by atoms with Crippen molar-refractivity contribution in [1.29, 1.82) is 0 Å². The molecule has 1 aromatic carbocycles. The third-order valence-electron chi connectivity index (χ3n) is 5.09. The van der Waals surface area contributed by atoms with Gasteiger partial charge < -0.3 is 24.6 Å². The first kappa shape index (κ1) is 26.3. The molecule has 1 aromatic rings. The highest BCUT2D eigenvalue weighted by atomic mass is 127. The van der Waals surface area contributed by atoms with Crippen LogP contribution in [0.25, 0.3) is 0 Å². The fourth-order valence-corrected chi connectivity index (χ4v) is 3.37. The minimum Gasteiger partial charge on any atom is -0.497 e. The fourth-order valence-electron chi connectivity index (χ4n) is 3.37. The number of methoxy groups -OCH3 is 2. The number of aliphatic imine (C=N–C) groups is 1. The maximum Gasteiger partial charge on any atom is 0.219 e. The molecule has 0 radical (unpaired) electrons. The Morgan fingerprint density at radius 1 is 1.20 bits per heavy atom. The standard InChI is InChI=1S/C21H35N5O3.HI/c1-6-22-21(23-9-10-25-11-13-26(14-12-25)17(2)27)24(3)16-18-7-8-19(28-4)15-20(18)29-5;/h7-8,15H,6,9-14,16H2,1-5H3,(H,22,23);1H. The van der Waals surface area contributed by atoms with Gasteiger partial charge in [0.2, 0.25) is 5.91 Å². The molecular weight excluding hydrogens is 497 g/mol. The number of carbonyl (C=O) groups is 1. The number of piperazine rings is 1. The molecule has 170 valence electrons. The number of halogens is 1. The van der Waals surface area contributed by atoms with Crippen LogP contribution in [-0.4, -0.2) is 93.6 Å². The van der Waals surface area contributed by atoms with Crippen molar-refractivity contribution in [3.63, 3.8) is 0 Å². The van der Waals surface area contributed by atoms with E-state index in [0.29, 0.717) is 13.1 Å². The van der Waals surface area contributed by atoms with Gasteiger partial charge in [-0.3, -0.25) is 14.7 Å². The molecule has 1 saturated heterocycles. The number of ether oxygens (including phenoxy) is 2. The van der Waals surface area contributed by atoms with Crippen LogP contribution in [0.1, 0.15) is 19.4 Å². The molecule has 1 fully saturated rings. The molecule has 1 amide bonds. The summed E-state index contributed by atoms with van der Waals surface area (Å²) in [6, 6.07) is 5.86. The number of rotatable bonds is 8. The average Bonchev–Trinajstić information content (AvgIpc) is 2.73. The number of carbonyl (C=O) groups excluding carboxylic acids is 1. The smallest absolute Gasteiger partial charge is 0.219 e. The van der Waals surface area contributed by atoms with Crippen LogP contribution >= 0.6 is 24.0 Å². The van der Waals surface area contributed by atoms with E-state index in [9.17, 15) is 4.79 Å². The highest BCUT2D eigenvalue weighted by Crippen LogP contribution is 2.25. The Balaban J connectivity index is 0.00000450. The number of nitrogens with one attached hydrogen (secondary N) is 1. The molecule has 1 aliphatic heterocycles. The first-order chi connectivity index (χ1) is 14.0. The van der Waals surface area contributed by atoms with Crippen LogP contribution in [0.2, 0.25) is 0 Å². The lowest BCUT2D eigenvalue weighted by atomic mass is 10.2. The highest BCUT2D eigenvalue weighted by molar-refractivity contribution is 14.0. The van der Waals surface area contributed by atoms with E-state index in [1.165, 1.54) is 0 Å². The van der Waals surface area contributed by atoms with Crippen LogP contribution in [0.4, 0.5) is 0 Å². The first-order valence-corrected chi connectivity index (χ1v) is 10.2. The molecule has 0 atom stereocenters. The lowest BCUT2D eigenvalue weighted by Crippen LogP contribution is -2.48. The lowest BCUT2D eigenvalue weighted by Gasteiger charge is -2.33. The Labute approximate surface area is 197 Å². The topological polar surface area (TPSA) is 69.6 Å². The van der Waals surface area contributed by atoms with Gasteiger partial charge in [0.05, 0.1) is 20.8 Å². The molecule has 1 N–H and O–H groups in total. The Morgan fingerprint density at radius 3 is 2.47 bits per heavy atom. The Bertz CT molecular complexity index is 693. The van der Waals surface area contributed by atoms with E-state index in [2.05, 4.69) is 22.0 Å². The van der Waals surface area contributed by atoms with Crippen molar-refractivity contribution in [3.05, 3.63) is 23.8 Å². The number of nitrogens with zero attached hydrogens (tertiary/aromatic N) is 4. The molecule has 1 heterocycles. The number of hydrogen-bond donors (Lipinski definition) is 1. The SMILES string of the molecule is CCNC(=NCCN1CCN(C(C)=O)CC1)N(C)Cc1ccc(OC)cc1OC.I. The Kier molecular flexibility index (Phi) is 11.9. The van der Waals surface area contributed by atoms with Gasteiger partial charge in [-0.2, -0.15) is 0 Å². The monoisotopic (exact) mass is 533 g/mol. The fraction of sp³-hybridized carbons (Fsp3) is 0.619. The van der Waals surface area contributed by atoms with E-state index in [4.69, 9.17) is 14.5 Å². The molecule has 8 nitrogen and oxygen atoms in total. The van der Waals surface area contributed by atoms with Crippen LogP contribution < -0.4 is 14.8 Å². The summed E-state index contributed by atoms with van der Waals surface area (Å²) < 4.78 is 10.8. The molecule has 0 aliphatic carbocycles. The van der Waals surface area contributed by atoms with Gasteiger partial charge in [-0.1, -0.05) is 0 Å². The maximum atomic E-state index is 11.4. The normalized spacial score (nSPS) is 14.7. The Morgan fingerprint density at radius 2 is 1.90 bits per heavy atom. The molecule has 0 unspecified atom stereocenters. The number of amides is 1. The summed E-state index contributed by atoms with van der Waals surface area (Å²) in [6.45, 7) is 10.2. The van der Waals surface area contributed by atoms with Gasteiger partial charge in [-0.05, 0) is 19.1 Å². The molecule has 0 aromatic heterocycles. The van der Waals surface area contributed by atoms with Gasteiger partial charge in [-0.25, -0.2) is 0 Å². The largest absolute Gasteiger partial charge is 0.497 e. The van der Waals surface area contributed by atoms with Gasteiger partial charge in [-0.15, -0.1) is 24.0 Å². The minimum absolute atomic E-state index is 0. The summed E-state index contributed by atoms with van der Waals surface area (Å²) in [7, 11) is 5.34. The van der Waals surface area contributed by atoms with Gasteiger partial charge in [0, 0.05) is 71.4 Å². The van der Waals surface area contributed by atoms with Crippen molar-refractivity contribution < 1.29 is 14.3 Å². The van der Waals surface area contributed by atoms with E-state index >= 15 is 0 Å². The molecule has 1 aliphatic rings. The van der Waals surface area contributed by atoms with Crippen molar-refractivity contribution in [2.24, 2.45) is 4.99 Å². The van der Waals surface area contributed by atoms with Crippen molar-refractivity contribution >= 4 is 35.8 Å². The molecule has 9 heteroatoms. The summed E-state index contributed by atoms with van der Waals surface area (Å²) in [5.74, 6) is 2.61. The zero-order chi connectivity index (χ0) is 21.2. The summed E-state index contributed by atoms with van der Waals surface area (Å²) in [5.41, 5.74) is 1.07. The van der Waals surface area contributed by atoms with E-state index in [1.54, 1.807) is 21.1 Å². The molecule has 0 saturated carbocycles. The molecule has 2 rings (SSSR count). The van der Waals surface area contributed by atoms with Crippen molar-refractivity contribution in [1.82, 2.24) is 20.0 Å². The highest BCUT2D eigenvalue weighted by Gasteiger charge is 2.18. The third-order valence-corrected chi connectivity index (χ3v) is 5.09. The second-order valence-electron chi connectivity index (χ2n) is 7.12. The van der Waals surface area contributed by atoms with Crippen LogP contribution in [0.15, 0.2) is 23.2 Å². The quantitative estimate of drug-likeness (QED) is 0.313. The summed E-state index contributed by atoms with van der Waals surface area (Å²) >= 11 is 0. The molecular formula is C21H36IN5O3. The van der Waals surface area contributed by atoms with E-state index in [0.717, 1.165) is 62.3 Å². The van der Waals surface area contributed by atoms with Crippen molar-refractivity contribution in [3.8, 4) is 11.5 Å². The zero-order valence-corrected chi connectivity index (χ0v) is 21.1. The van der Waals surface area contributed by atoms with Gasteiger partial charge >= 0.3 is 0 Å². The van der Waals surface area contributed by atoms with Gasteiger partial charge in [0.15, 0.2) is 5.96 Å². The second-order valence-corrected chi connectivity index (χ2v) is 7.12. The lowest BCUT2D eigenvalue weighted by molar-refractivity contribution is -0.130. The minimum atomic E-state index is 0. The van der Waals surface area contributed by atoms with Crippen molar-refractivity contribution in [2.45, 2.75) is 20.4 Å². The predicted octanol–water partition coefficient (Wildman–Crippen LogP) is 1.88. The molecule has 0 spiro atoms. The van der Waals surface area contributed by atoms with Crippen LogP contribution in [0.3, 0.4) is 0 Å². The van der Waals surface area contributed by atoms with E-state index in [1.807, 2.05) is 30.1 Å². The maximum absolute atomic E-state index is 11.4. The summed E-state index contributed by atoms with van der Waals surface area (Å²) in [5, 5.41) is 3.36. The van der Waals surface area contributed by atoms with Crippen LogP contribution in [0.5, 0.6) is 11.5 Å². The number of benzene rings is 1. The zero-order valence-electron chi connectivity index (χ0n) is 18.8. The average molecular weight is 533 g/mol. The molecule has 30 heavy (non-hydrogen) atoms. The second kappa shape index (κ2) is 13.5. The van der Waals surface area contributed by atoms with E-state index in [-0.39, 0.29) is 29.9 Å². The first-order valence-electron chi connectivity index (χ1n) is 10.2. The van der Waals surface area contributed by atoms with Crippen molar-refractivity contribution in [2.75, 3.05) is 67.1 Å². The van der Waals surface area contributed by atoms with Crippen LogP contribution in [-0.2, 0) is 11.3 Å². The Hall–Kier alpha value is -1.75. The number of guanidine groups is 1.